The summed E-state index contributed by atoms with van der Waals surface area (Å²) in [7, 11) is 0.864. The molecule has 2 rings (SSSR count). The molecule has 198 valence electrons. The van der Waals surface area contributed by atoms with Gasteiger partial charge in [0.05, 0.1) is 47.3 Å². The van der Waals surface area contributed by atoms with Crippen LogP contribution in [0.25, 0.3) is 0 Å². The van der Waals surface area contributed by atoms with Crippen molar-refractivity contribution < 1.29 is 50.5 Å². The van der Waals surface area contributed by atoms with Crippen molar-refractivity contribution in [2.75, 3.05) is 26.9 Å². The van der Waals surface area contributed by atoms with E-state index in [1.807, 2.05) is 0 Å². The molecule has 0 saturated carbocycles. The van der Waals surface area contributed by atoms with Gasteiger partial charge in [0.25, 0.3) is 0 Å². The number of esters is 3. The van der Waals surface area contributed by atoms with Crippen LogP contribution in [0.15, 0.2) is 28.4 Å². The number of carbonyl (C=O) groups is 3. The fourth-order valence-corrected chi connectivity index (χ4v) is 3.94. The standard InChI is InChI=1S/C22H22ClF5N2O6/c1-9(2)36-21(33)17-13(8-35-14(31)7-29)30-12(6-24)16(20(32)34-3)18(17)15-11(25)5-4-10(23)19(15)22(26,27)28/h4-5,9,16,18H,6-8,29H2,1-3H3. The van der Waals surface area contributed by atoms with Gasteiger partial charge < -0.3 is 19.9 Å². The molecule has 1 aliphatic rings. The van der Waals surface area contributed by atoms with Crippen molar-refractivity contribution in [2.24, 2.45) is 16.6 Å². The minimum Gasteiger partial charge on any atom is -0.468 e. The third-order valence-corrected chi connectivity index (χ3v) is 5.33. The Balaban J connectivity index is 3.02. The third kappa shape index (κ3) is 6.19. The highest BCUT2D eigenvalue weighted by Crippen LogP contribution is 2.48. The number of hydrogen-bond acceptors (Lipinski definition) is 8. The Kier molecular flexibility index (Phi) is 9.55. The van der Waals surface area contributed by atoms with Gasteiger partial charge in [-0.05, 0) is 26.0 Å². The van der Waals surface area contributed by atoms with Crippen LogP contribution in [0.2, 0.25) is 5.02 Å². The molecule has 0 spiro atoms. The van der Waals surface area contributed by atoms with Gasteiger partial charge >= 0.3 is 24.1 Å². The second-order valence-electron chi connectivity index (χ2n) is 7.71. The van der Waals surface area contributed by atoms with E-state index in [1.54, 1.807) is 0 Å². The van der Waals surface area contributed by atoms with Crippen LogP contribution in [0.4, 0.5) is 22.0 Å². The predicted octanol–water partition coefficient (Wildman–Crippen LogP) is 3.50. The van der Waals surface area contributed by atoms with Crippen molar-refractivity contribution in [1.29, 1.82) is 0 Å². The molecule has 1 aliphatic heterocycles. The summed E-state index contributed by atoms with van der Waals surface area (Å²) >= 11 is 5.78. The molecule has 36 heavy (non-hydrogen) atoms. The van der Waals surface area contributed by atoms with Crippen molar-refractivity contribution in [3.8, 4) is 0 Å². The van der Waals surface area contributed by atoms with Gasteiger partial charge in [-0.3, -0.25) is 14.6 Å². The number of alkyl halides is 4. The Morgan fingerprint density at radius 3 is 2.36 bits per heavy atom. The highest BCUT2D eigenvalue weighted by atomic mass is 35.5. The lowest BCUT2D eigenvalue weighted by molar-refractivity contribution is -0.147. The minimum absolute atomic E-state index is 0.562. The Hall–Kier alpha value is -3.06. The molecule has 0 saturated heterocycles. The van der Waals surface area contributed by atoms with Crippen LogP contribution in [0.1, 0.15) is 30.9 Å². The van der Waals surface area contributed by atoms with Crippen molar-refractivity contribution in [2.45, 2.75) is 32.0 Å². The molecule has 1 aromatic rings. The van der Waals surface area contributed by atoms with Crippen molar-refractivity contribution in [3.05, 3.63) is 45.4 Å². The number of halogens is 6. The van der Waals surface area contributed by atoms with E-state index in [1.165, 1.54) is 13.8 Å². The zero-order chi connectivity index (χ0) is 27.4. The molecular weight excluding hydrogens is 519 g/mol. The van der Waals surface area contributed by atoms with Gasteiger partial charge in [-0.1, -0.05) is 11.6 Å². The van der Waals surface area contributed by atoms with Gasteiger partial charge in [0.2, 0.25) is 0 Å². The Morgan fingerprint density at radius 2 is 1.86 bits per heavy atom. The lowest BCUT2D eigenvalue weighted by atomic mass is 9.73. The van der Waals surface area contributed by atoms with Crippen LogP contribution in [0, 0.1) is 11.7 Å². The highest BCUT2D eigenvalue weighted by molar-refractivity contribution is 6.31. The lowest BCUT2D eigenvalue weighted by Gasteiger charge is -2.34. The van der Waals surface area contributed by atoms with Gasteiger partial charge in [-0.2, -0.15) is 13.2 Å². The summed E-state index contributed by atoms with van der Waals surface area (Å²) in [5.74, 6) is -9.29. The van der Waals surface area contributed by atoms with Gasteiger partial charge in [0.1, 0.15) is 25.0 Å². The number of carbonyl (C=O) groups excluding carboxylic acids is 3. The lowest BCUT2D eigenvalue weighted by Crippen LogP contribution is -2.40. The average molecular weight is 541 g/mol. The van der Waals surface area contributed by atoms with Crippen LogP contribution in [-0.2, 0) is 34.8 Å². The quantitative estimate of drug-likeness (QED) is 0.305. The van der Waals surface area contributed by atoms with E-state index in [9.17, 15) is 31.9 Å². The Bertz CT molecular complexity index is 1100. The summed E-state index contributed by atoms with van der Waals surface area (Å²) in [4.78, 5) is 41.3. The SMILES string of the molecule is COC(=O)C1C(CF)=NC(COC(=O)CN)=C(C(=O)OC(C)C)C1c1c(F)ccc(Cl)c1C(F)(F)F. The topological polar surface area (TPSA) is 117 Å². The number of ether oxygens (including phenoxy) is 3. The fraction of sp³-hybridized carbons (Fsp3) is 0.455. The van der Waals surface area contributed by atoms with E-state index >= 15 is 4.39 Å². The van der Waals surface area contributed by atoms with Crippen LogP contribution in [0.3, 0.4) is 0 Å². The third-order valence-electron chi connectivity index (χ3n) is 5.02. The van der Waals surface area contributed by atoms with Crippen LogP contribution >= 0.6 is 11.6 Å². The molecule has 2 atom stereocenters. The smallest absolute Gasteiger partial charge is 0.418 e. The first-order valence-electron chi connectivity index (χ1n) is 10.3. The maximum atomic E-state index is 15.2. The first kappa shape index (κ1) is 29.2. The van der Waals surface area contributed by atoms with E-state index in [2.05, 4.69) is 9.73 Å². The van der Waals surface area contributed by atoms with E-state index in [-0.39, 0.29) is 0 Å². The largest absolute Gasteiger partial charge is 0.468 e. The molecular formula is C22H22ClF5N2O6. The molecule has 1 aromatic carbocycles. The number of rotatable bonds is 8. The molecule has 1 heterocycles. The van der Waals surface area contributed by atoms with Crippen molar-refractivity contribution in [1.82, 2.24) is 0 Å². The number of nitrogens with zero attached hydrogens (tertiary/aromatic N) is 1. The summed E-state index contributed by atoms with van der Waals surface area (Å²) < 4.78 is 86.1. The van der Waals surface area contributed by atoms with Crippen molar-refractivity contribution in [3.63, 3.8) is 0 Å². The number of nitrogens with two attached hydrogens (primary N) is 1. The Morgan fingerprint density at radius 1 is 1.22 bits per heavy atom. The molecule has 2 N–H and O–H groups in total. The second kappa shape index (κ2) is 11.8. The number of aliphatic imine (C=N–C) groups is 1. The van der Waals surface area contributed by atoms with Gasteiger partial charge in [-0.15, -0.1) is 0 Å². The molecule has 0 aromatic heterocycles. The maximum absolute atomic E-state index is 15.2. The minimum atomic E-state index is -5.26. The molecule has 0 aliphatic carbocycles. The zero-order valence-electron chi connectivity index (χ0n) is 19.2. The van der Waals surface area contributed by atoms with E-state index in [0.717, 1.165) is 7.11 Å². The summed E-state index contributed by atoms with van der Waals surface area (Å²) in [5, 5.41) is -0.945. The van der Waals surface area contributed by atoms with E-state index in [0.29, 0.717) is 12.1 Å². The number of methoxy groups -OCH3 is 1. The summed E-state index contributed by atoms with van der Waals surface area (Å²) in [5.41, 5.74) is 0.218. The van der Waals surface area contributed by atoms with Gasteiger partial charge in [0, 0.05) is 11.5 Å². The Labute approximate surface area is 207 Å². The molecule has 8 nitrogen and oxygen atoms in total. The molecule has 0 amide bonds. The van der Waals surface area contributed by atoms with Gasteiger partial charge in [-0.25, -0.2) is 13.6 Å². The summed E-state index contributed by atoms with van der Waals surface area (Å²) in [6.45, 7) is -0.135. The first-order valence-corrected chi connectivity index (χ1v) is 10.7. The fourth-order valence-electron chi connectivity index (χ4n) is 3.66. The normalized spacial score (nSPS) is 18.1. The van der Waals surface area contributed by atoms with E-state index in [4.69, 9.17) is 26.8 Å². The molecule has 0 radical (unpaired) electrons. The predicted molar refractivity (Wildman–Crippen MR) is 116 cm³/mol. The summed E-state index contributed by atoms with van der Waals surface area (Å²) in [6, 6.07) is 1.24. The monoisotopic (exact) mass is 540 g/mol. The first-order chi connectivity index (χ1) is 16.8. The second-order valence-corrected chi connectivity index (χ2v) is 8.12. The summed E-state index contributed by atoms with van der Waals surface area (Å²) in [6.07, 6.45) is -6.09. The highest BCUT2D eigenvalue weighted by Gasteiger charge is 2.50. The number of benzene rings is 1. The van der Waals surface area contributed by atoms with Crippen molar-refractivity contribution >= 4 is 35.2 Å². The van der Waals surface area contributed by atoms with Crippen LogP contribution in [0.5, 0.6) is 0 Å². The number of hydrogen-bond donors (Lipinski definition) is 1. The molecule has 0 bridgehead atoms. The molecule has 14 heteroatoms. The molecule has 2 unspecified atom stereocenters. The van der Waals surface area contributed by atoms with Crippen LogP contribution < -0.4 is 5.73 Å². The van der Waals surface area contributed by atoms with Gasteiger partial charge in [0.15, 0.2) is 0 Å². The van der Waals surface area contributed by atoms with E-state index < -0.39 is 101 Å². The van der Waals surface area contributed by atoms with Crippen LogP contribution in [-0.4, -0.2) is 56.7 Å². The maximum Gasteiger partial charge on any atom is 0.418 e. The molecule has 0 fully saturated rings. The zero-order valence-corrected chi connectivity index (χ0v) is 20.0. The average Bonchev–Trinajstić information content (AvgIpc) is 2.80.